The number of carbonyl (C=O) groups is 2. The molecule has 2 aromatic rings. The Morgan fingerprint density at radius 1 is 1.19 bits per heavy atom. The number of aromatic amines is 1. The highest BCUT2D eigenvalue weighted by Gasteiger charge is 2.24. The van der Waals surface area contributed by atoms with Crippen molar-refractivity contribution in [2.24, 2.45) is 5.14 Å². The number of ether oxygens (including phenoxy) is 1. The number of fused-ring (bicyclic) bond motifs is 1. The van der Waals surface area contributed by atoms with E-state index in [1.54, 1.807) is 12.1 Å². The van der Waals surface area contributed by atoms with Gasteiger partial charge in [-0.2, -0.15) is 0 Å². The van der Waals surface area contributed by atoms with Gasteiger partial charge in [0.15, 0.2) is 6.10 Å². The Labute approximate surface area is 180 Å². The van der Waals surface area contributed by atoms with Crippen molar-refractivity contribution in [1.29, 1.82) is 0 Å². The number of hydrogen-bond acceptors (Lipinski definition) is 6. The molecule has 0 bridgehead atoms. The molecule has 0 radical (unpaired) electrons. The maximum absolute atomic E-state index is 12.6. The highest BCUT2D eigenvalue weighted by molar-refractivity contribution is 7.89. The van der Waals surface area contributed by atoms with Crippen molar-refractivity contribution in [3.8, 4) is 0 Å². The largest absolute Gasteiger partial charge is 0.449 e. The van der Waals surface area contributed by atoms with Crippen LogP contribution in [0.4, 0.5) is 0 Å². The number of pyridine rings is 1. The third-order valence-electron chi connectivity index (χ3n) is 5.18. The molecule has 1 aliphatic carbocycles. The molecule has 3 rings (SSSR count). The number of amides is 1. The Balaban J connectivity index is 1.54. The molecule has 10 heteroatoms. The highest BCUT2D eigenvalue weighted by Crippen LogP contribution is 2.22. The number of aromatic nitrogens is 1. The number of hydrogen-bond donors (Lipinski definition) is 3. The summed E-state index contributed by atoms with van der Waals surface area (Å²) >= 11 is 0. The van der Waals surface area contributed by atoms with Gasteiger partial charge in [-0.25, -0.2) is 18.4 Å². The van der Waals surface area contributed by atoms with Crippen molar-refractivity contribution in [3.63, 3.8) is 0 Å². The Kier molecular flexibility index (Phi) is 6.91. The van der Waals surface area contributed by atoms with Crippen molar-refractivity contribution in [2.75, 3.05) is 6.54 Å². The van der Waals surface area contributed by atoms with Crippen LogP contribution in [0.15, 0.2) is 40.0 Å². The lowest BCUT2D eigenvalue weighted by molar-refractivity contribution is -0.129. The van der Waals surface area contributed by atoms with E-state index in [0.717, 1.165) is 29.7 Å². The lowest BCUT2D eigenvalue weighted by Crippen LogP contribution is -2.37. The minimum atomic E-state index is -3.75. The molecule has 0 saturated carbocycles. The first-order chi connectivity index (χ1) is 14.6. The molecule has 0 fully saturated rings. The van der Waals surface area contributed by atoms with E-state index in [9.17, 15) is 22.8 Å². The monoisotopic (exact) mass is 447 g/mol. The summed E-state index contributed by atoms with van der Waals surface area (Å²) in [4.78, 5) is 39.5. The maximum atomic E-state index is 12.6. The number of carbonyl (C=O) groups excluding carboxylic acids is 2. The molecular formula is C21H25N3O6S. The van der Waals surface area contributed by atoms with Crippen LogP contribution in [0.2, 0.25) is 0 Å². The fraction of sp³-hybridized carbons (Fsp3) is 0.381. The van der Waals surface area contributed by atoms with Gasteiger partial charge >= 0.3 is 5.97 Å². The van der Waals surface area contributed by atoms with Crippen LogP contribution in [0.5, 0.6) is 0 Å². The fourth-order valence-electron chi connectivity index (χ4n) is 3.52. The van der Waals surface area contributed by atoms with Gasteiger partial charge in [-0.05, 0) is 62.3 Å². The first-order valence-electron chi connectivity index (χ1n) is 10.0. The van der Waals surface area contributed by atoms with Crippen LogP contribution in [-0.4, -0.2) is 37.9 Å². The number of esters is 1. The summed E-state index contributed by atoms with van der Waals surface area (Å²) in [5.41, 5.74) is 2.21. The maximum Gasteiger partial charge on any atom is 0.339 e. The van der Waals surface area contributed by atoms with Crippen LogP contribution in [0.25, 0.3) is 0 Å². The molecule has 1 aromatic carbocycles. The molecule has 1 unspecified atom stereocenters. The molecule has 0 spiro atoms. The van der Waals surface area contributed by atoms with E-state index in [1.165, 1.54) is 25.1 Å². The van der Waals surface area contributed by atoms with E-state index < -0.39 is 28.0 Å². The third kappa shape index (κ3) is 5.80. The van der Waals surface area contributed by atoms with E-state index >= 15 is 0 Å². The van der Waals surface area contributed by atoms with E-state index in [1.807, 2.05) is 0 Å². The topological polar surface area (TPSA) is 148 Å². The van der Waals surface area contributed by atoms with E-state index in [2.05, 4.69) is 10.3 Å². The SMILES string of the molecule is CC(OC(=O)c1cc(=O)[nH]c2c1CCCC2)C(=O)NCCc1ccc(S(N)(=O)=O)cc1. The van der Waals surface area contributed by atoms with Gasteiger partial charge in [0, 0.05) is 18.3 Å². The average molecular weight is 448 g/mol. The van der Waals surface area contributed by atoms with Crippen LogP contribution in [0, 0.1) is 0 Å². The number of aryl methyl sites for hydroxylation is 1. The zero-order valence-corrected chi connectivity index (χ0v) is 18.0. The van der Waals surface area contributed by atoms with Gasteiger partial charge in [0.05, 0.1) is 10.5 Å². The molecule has 1 amide bonds. The number of nitrogens with two attached hydrogens (primary N) is 1. The van der Waals surface area contributed by atoms with Crippen LogP contribution in [0.3, 0.4) is 0 Å². The van der Waals surface area contributed by atoms with Crippen molar-refractivity contribution < 1.29 is 22.7 Å². The van der Waals surface area contributed by atoms with Gasteiger partial charge in [-0.3, -0.25) is 9.59 Å². The molecule has 1 atom stereocenters. The predicted molar refractivity (Wildman–Crippen MR) is 113 cm³/mol. The van der Waals surface area contributed by atoms with E-state index in [4.69, 9.17) is 9.88 Å². The van der Waals surface area contributed by atoms with Gasteiger partial charge in [-0.15, -0.1) is 0 Å². The summed E-state index contributed by atoms with van der Waals surface area (Å²) in [5, 5.41) is 7.74. The smallest absolute Gasteiger partial charge is 0.339 e. The summed E-state index contributed by atoms with van der Waals surface area (Å²) < 4.78 is 27.8. The molecule has 1 aliphatic rings. The van der Waals surface area contributed by atoms with Gasteiger partial charge < -0.3 is 15.0 Å². The van der Waals surface area contributed by atoms with E-state index in [0.29, 0.717) is 19.3 Å². The quantitative estimate of drug-likeness (QED) is 0.535. The molecule has 0 aliphatic heterocycles. The van der Waals surface area contributed by atoms with Gasteiger partial charge in [0.1, 0.15) is 0 Å². The molecule has 166 valence electrons. The van der Waals surface area contributed by atoms with Crippen molar-refractivity contribution >= 4 is 21.9 Å². The highest BCUT2D eigenvalue weighted by atomic mass is 32.2. The predicted octanol–water partition coefficient (Wildman–Crippen LogP) is 0.805. The standard InChI is InChI=1S/C21H25N3O6S/c1-13(20(26)23-11-10-14-6-8-15(9-7-14)31(22,28)29)30-21(27)17-12-19(25)24-18-5-3-2-4-16(17)18/h6-9,12-13H,2-5,10-11H2,1H3,(H,23,26)(H,24,25)(H2,22,28,29). The molecule has 1 heterocycles. The second kappa shape index (κ2) is 9.44. The second-order valence-electron chi connectivity index (χ2n) is 7.49. The minimum Gasteiger partial charge on any atom is -0.449 e. The molecule has 4 N–H and O–H groups in total. The molecular weight excluding hydrogens is 422 g/mol. The number of benzene rings is 1. The van der Waals surface area contributed by atoms with Crippen LogP contribution < -0.4 is 16.0 Å². The number of nitrogens with one attached hydrogen (secondary N) is 2. The Morgan fingerprint density at radius 3 is 2.55 bits per heavy atom. The third-order valence-corrected chi connectivity index (χ3v) is 6.11. The first-order valence-corrected chi connectivity index (χ1v) is 11.6. The zero-order chi connectivity index (χ0) is 22.6. The summed E-state index contributed by atoms with van der Waals surface area (Å²) in [6, 6.07) is 7.26. The summed E-state index contributed by atoms with van der Waals surface area (Å²) in [6.07, 6.45) is 2.69. The summed E-state index contributed by atoms with van der Waals surface area (Å²) in [5.74, 6) is -1.15. The number of primary sulfonamides is 1. The lowest BCUT2D eigenvalue weighted by Gasteiger charge is -2.19. The fourth-order valence-corrected chi connectivity index (χ4v) is 4.04. The van der Waals surface area contributed by atoms with Crippen molar-refractivity contribution in [1.82, 2.24) is 10.3 Å². The second-order valence-corrected chi connectivity index (χ2v) is 9.05. The number of H-pyrrole nitrogens is 1. The Bertz CT molecular complexity index is 1140. The summed E-state index contributed by atoms with van der Waals surface area (Å²) in [7, 11) is -3.75. The lowest BCUT2D eigenvalue weighted by atomic mass is 9.92. The van der Waals surface area contributed by atoms with Crippen molar-refractivity contribution in [2.45, 2.75) is 50.0 Å². The van der Waals surface area contributed by atoms with Crippen LogP contribution in [0.1, 0.15) is 46.9 Å². The number of sulfonamides is 1. The molecule has 0 saturated heterocycles. The zero-order valence-electron chi connectivity index (χ0n) is 17.1. The average Bonchev–Trinajstić information content (AvgIpc) is 2.72. The van der Waals surface area contributed by atoms with Gasteiger partial charge in [0.2, 0.25) is 15.6 Å². The van der Waals surface area contributed by atoms with Gasteiger partial charge in [0.25, 0.3) is 5.91 Å². The normalized spacial score (nSPS) is 14.4. The molecule has 9 nitrogen and oxygen atoms in total. The van der Waals surface area contributed by atoms with Crippen LogP contribution in [-0.2, 0) is 38.8 Å². The van der Waals surface area contributed by atoms with Crippen LogP contribution >= 0.6 is 0 Å². The Hall–Kier alpha value is -2.98. The summed E-state index contributed by atoms with van der Waals surface area (Å²) in [6.45, 7) is 1.74. The van der Waals surface area contributed by atoms with Crippen molar-refractivity contribution in [3.05, 3.63) is 63.1 Å². The van der Waals surface area contributed by atoms with Gasteiger partial charge in [-0.1, -0.05) is 12.1 Å². The first kappa shape index (κ1) is 22.7. The number of rotatable bonds is 7. The van der Waals surface area contributed by atoms with E-state index in [-0.39, 0.29) is 22.6 Å². The molecule has 1 aromatic heterocycles. The minimum absolute atomic E-state index is 0.0164. The molecule has 31 heavy (non-hydrogen) atoms. The Morgan fingerprint density at radius 2 is 1.87 bits per heavy atom.